The second kappa shape index (κ2) is 6.14. The van der Waals surface area contributed by atoms with E-state index < -0.39 is 0 Å². The number of nitrogens with zero attached hydrogens (tertiary/aromatic N) is 2. The van der Waals surface area contributed by atoms with Gasteiger partial charge in [0.25, 0.3) is 0 Å². The van der Waals surface area contributed by atoms with Crippen molar-refractivity contribution < 1.29 is 9.84 Å². The molecule has 0 aliphatic heterocycles. The first kappa shape index (κ1) is 14.0. The van der Waals surface area contributed by atoms with Gasteiger partial charge in [-0.1, -0.05) is 0 Å². The first-order chi connectivity index (χ1) is 9.61. The van der Waals surface area contributed by atoms with Crippen molar-refractivity contribution in [1.29, 1.82) is 0 Å². The maximum Gasteiger partial charge on any atom is 0.151 e. The van der Waals surface area contributed by atoms with Gasteiger partial charge >= 0.3 is 0 Å². The lowest BCUT2D eigenvalue weighted by Crippen LogP contribution is -2.13. The Labute approximate surface area is 118 Å². The van der Waals surface area contributed by atoms with Crippen molar-refractivity contribution in [2.75, 3.05) is 31.4 Å². The fourth-order valence-electron chi connectivity index (χ4n) is 1.90. The van der Waals surface area contributed by atoms with Crippen LogP contribution in [0.15, 0.2) is 36.5 Å². The van der Waals surface area contributed by atoms with E-state index in [-0.39, 0.29) is 5.75 Å². The predicted molar refractivity (Wildman–Crippen MR) is 80.5 cm³/mol. The van der Waals surface area contributed by atoms with E-state index in [1.165, 1.54) is 0 Å². The van der Waals surface area contributed by atoms with Crippen molar-refractivity contribution >= 4 is 11.5 Å². The molecule has 5 nitrogen and oxygen atoms in total. The molecule has 2 rings (SSSR count). The molecule has 0 saturated heterocycles. The van der Waals surface area contributed by atoms with Crippen LogP contribution in [0.4, 0.5) is 11.5 Å². The quantitative estimate of drug-likeness (QED) is 0.876. The molecule has 0 unspecified atom stereocenters. The Kier molecular flexibility index (Phi) is 4.30. The summed E-state index contributed by atoms with van der Waals surface area (Å²) in [5.41, 5.74) is 1.73. The molecule has 0 bridgehead atoms. The summed E-state index contributed by atoms with van der Waals surface area (Å²) in [6.45, 7) is 0.516. The third-order valence-electron chi connectivity index (χ3n) is 2.97. The molecule has 20 heavy (non-hydrogen) atoms. The van der Waals surface area contributed by atoms with E-state index >= 15 is 0 Å². The number of aromatic hydroxyl groups is 1. The van der Waals surface area contributed by atoms with Gasteiger partial charge in [-0.25, -0.2) is 4.98 Å². The van der Waals surface area contributed by atoms with Gasteiger partial charge < -0.3 is 20.1 Å². The highest BCUT2D eigenvalue weighted by Gasteiger charge is 2.07. The normalized spacial score (nSPS) is 10.2. The standard InChI is InChI=1S/C15H19N3O2/c1-18(2)15-13(5-4-8-16-15)17-10-11-6-7-12(20-3)9-14(11)19/h4-9,17,19H,10H2,1-3H3. The van der Waals surface area contributed by atoms with Gasteiger partial charge in [0.1, 0.15) is 11.5 Å². The maximum absolute atomic E-state index is 9.93. The van der Waals surface area contributed by atoms with E-state index in [1.807, 2.05) is 43.3 Å². The van der Waals surface area contributed by atoms with Crippen molar-refractivity contribution in [1.82, 2.24) is 4.98 Å². The zero-order valence-corrected chi connectivity index (χ0v) is 11.9. The summed E-state index contributed by atoms with van der Waals surface area (Å²) in [5, 5.41) is 13.2. The molecular formula is C15H19N3O2. The van der Waals surface area contributed by atoms with E-state index in [0.29, 0.717) is 12.3 Å². The average Bonchev–Trinajstić information content (AvgIpc) is 2.46. The van der Waals surface area contributed by atoms with Crippen LogP contribution in [-0.2, 0) is 6.54 Å². The monoisotopic (exact) mass is 273 g/mol. The number of methoxy groups -OCH3 is 1. The predicted octanol–water partition coefficient (Wildman–Crippen LogP) is 2.47. The van der Waals surface area contributed by atoms with Gasteiger partial charge in [-0.3, -0.25) is 0 Å². The first-order valence-electron chi connectivity index (χ1n) is 6.34. The summed E-state index contributed by atoms with van der Waals surface area (Å²) >= 11 is 0. The van der Waals surface area contributed by atoms with Gasteiger partial charge in [0.2, 0.25) is 0 Å². The molecule has 1 heterocycles. The fourth-order valence-corrected chi connectivity index (χ4v) is 1.90. The molecule has 1 aromatic heterocycles. The van der Waals surface area contributed by atoms with Crippen LogP contribution in [0.3, 0.4) is 0 Å². The molecule has 0 radical (unpaired) electrons. The summed E-state index contributed by atoms with van der Waals surface area (Å²) in [4.78, 5) is 6.26. The summed E-state index contributed by atoms with van der Waals surface area (Å²) in [6.07, 6.45) is 1.76. The lowest BCUT2D eigenvalue weighted by Gasteiger charge is -2.17. The molecule has 106 valence electrons. The van der Waals surface area contributed by atoms with Gasteiger partial charge in [-0.15, -0.1) is 0 Å². The number of phenolic OH excluding ortho intramolecular Hbond substituents is 1. The van der Waals surface area contributed by atoms with E-state index in [0.717, 1.165) is 17.1 Å². The van der Waals surface area contributed by atoms with E-state index in [4.69, 9.17) is 4.74 Å². The Morgan fingerprint density at radius 3 is 2.75 bits per heavy atom. The van der Waals surface area contributed by atoms with E-state index in [9.17, 15) is 5.11 Å². The number of aromatic nitrogens is 1. The number of ether oxygens (including phenoxy) is 1. The van der Waals surface area contributed by atoms with Crippen LogP contribution in [0.25, 0.3) is 0 Å². The van der Waals surface area contributed by atoms with Crippen molar-refractivity contribution in [3.05, 3.63) is 42.1 Å². The summed E-state index contributed by atoms with van der Waals surface area (Å²) in [5.74, 6) is 1.72. The minimum absolute atomic E-state index is 0.215. The molecule has 0 amide bonds. The summed E-state index contributed by atoms with van der Waals surface area (Å²) in [7, 11) is 5.46. The summed E-state index contributed by atoms with van der Waals surface area (Å²) in [6, 6.07) is 9.11. The Morgan fingerprint density at radius 1 is 1.30 bits per heavy atom. The Balaban J connectivity index is 2.13. The second-order valence-electron chi connectivity index (χ2n) is 4.62. The molecule has 0 aliphatic carbocycles. The fraction of sp³-hybridized carbons (Fsp3) is 0.267. The van der Waals surface area contributed by atoms with Crippen LogP contribution < -0.4 is 15.0 Å². The van der Waals surface area contributed by atoms with Gasteiger partial charge in [0, 0.05) is 38.5 Å². The van der Waals surface area contributed by atoms with Crippen LogP contribution >= 0.6 is 0 Å². The number of pyridine rings is 1. The zero-order valence-electron chi connectivity index (χ0n) is 11.9. The Morgan fingerprint density at radius 2 is 2.10 bits per heavy atom. The lowest BCUT2D eigenvalue weighted by atomic mass is 10.2. The molecule has 2 aromatic rings. The molecule has 0 fully saturated rings. The zero-order chi connectivity index (χ0) is 14.5. The lowest BCUT2D eigenvalue weighted by molar-refractivity contribution is 0.406. The third-order valence-corrected chi connectivity index (χ3v) is 2.97. The van der Waals surface area contributed by atoms with Crippen molar-refractivity contribution in [2.24, 2.45) is 0 Å². The van der Waals surface area contributed by atoms with Crippen LogP contribution in [0.1, 0.15) is 5.56 Å². The molecule has 0 spiro atoms. The number of phenols is 1. The van der Waals surface area contributed by atoms with Crippen molar-refractivity contribution in [3.63, 3.8) is 0 Å². The summed E-state index contributed by atoms with van der Waals surface area (Å²) < 4.78 is 5.07. The number of hydrogen-bond donors (Lipinski definition) is 2. The smallest absolute Gasteiger partial charge is 0.151 e. The number of benzene rings is 1. The Bertz CT molecular complexity index is 585. The van der Waals surface area contributed by atoms with Crippen LogP contribution in [0.5, 0.6) is 11.5 Å². The van der Waals surface area contributed by atoms with Gasteiger partial charge in [-0.2, -0.15) is 0 Å². The van der Waals surface area contributed by atoms with E-state index in [1.54, 1.807) is 19.4 Å². The highest BCUT2D eigenvalue weighted by Crippen LogP contribution is 2.26. The number of hydrogen-bond acceptors (Lipinski definition) is 5. The van der Waals surface area contributed by atoms with Crippen LogP contribution in [0.2, 0.25) is 0 Å². The molecule has 0 atom stereocenters. The second-order valence-corrected chi connectivity index (χ2v) is 4.62. The number of rotatable bonds is 5. The molecule has 2 N–H and O–H groups in total. The van der Waals surface area contributed by atoms with Crippen LogP contribution in [-0.4, -0.2) is 31.3 Å². The minimum atomic E-state index is 0.215. The van der Waals surface area contributed by atoms with E-state index in [2.05, 4.69) is 10.3 Å². The number of anilines is 2. The minimum Gasteiger partial charge on any atom is -0.507 e. The molecule has 0 aliphatic rings. The highest BCUT2D eigenvalue weighted by atomic mass is 16.5. The third kappa shape index (κ3) is 3.12. The van der Waals surface area contributed by atoms with Gasteiger partial charge in [0.15, 0.2) is 5.82 Å². The molecular weight excluding hydrogens is 254 g/mol. The van der Waals surface area contributed by atoms with Crippen LogP contribution in [0, 0.1) is 0 Å². The van der Waals surface area contributed by atoms with Crippen molar-refractivity contribution in [2.45, 2.75) is 6.54 Å². The SMILES string of the molecule is COc1ccc(CNc2cccnc2N(C)C)c(O)c1. The topological polar surface area (TPSA) is 57.6 Å². The maximum atomic E-state index is 9.93. The highest BCUT2D eigenvalue weighted by molar-refractivity contribution is 5.65. The van der Waals surface area contributed by atoms with Gasteiger partial charge in [-0.05, 0) is 24.3 Å². The largest absolute Gasteiger partial charge is 0.507 e. The number of nitrogens with one attached hydrogen (secondary N) is 1. The van der Waals surface area contributed by atoms with Gasteiger partial charge in [0.05, 0.1) is 12.8 Å². The first-order valence-corrected chi connectivity index (χ1v) is 6.34. The molecule has 5 heteroatoms. The Hall–Kier alpha value is -2.43. The average molecular weight is 273 g/mol. The molecule has 1 aromatic carbocycles. The molecule has 0 saturated carbocycles. The van der Waals surface area contributed by atoms with Crippen molar-refractivity contribution in [3.8, 4) is 11.5 Å².